The van der Waals surface area contributed by atoms with E-state index in [0.717, 1.165) is 6.54 Å². The standard InChI is InChI=1S/C13H20BrN/c1-3-4-7-11(2)15-10-12-8-5-6-9-13(12)14/h5-6,8-9,11,15H,3-4,7,10H2,1-2H3. The van der Waals surface area contributed by atoms with Gasteiger partial charge in [0.2, 0.25) is 0 Å². The summed E-state index contributed by atoms with van der Waals surface area (Å²) in [5, 5.41) is 3.54. The summed E-state index contributed by atoms with van der Waals surface area (Å²) in [6, 6.07) is 8.99. The second-order valence-corrected chi connectivity index (χ2v) is 4.87. The van der Waals surface area contributed by atoms with Crippen molar-refractivity contribution in [1.82, 2.24) is 5.32 Å². The molecule has 0 aliphatic heterocycles. The van der Waals surface area contributed by atoms with Gasteiger partial charge in [0.15, 0.2) is 0 Å². The van der Waals surface area contributed by atoms with Gasteiger partial charge in [-0.3, -0.25) is 0 Å². The molecule has 0 aliphatic rings. The van der Waals surface area contributed by atoms with Gasteiger partial charge in [-0.15, -0.1) is 0 Å². The molecule has 15 heavy (non-hydrogen) atoms. The number of benzene rings is 1. The van der Waals surface area contributed by atoms with Gasteiger partial charge in [-0.25, -0.2) is 0 Å². The van der Waals surface area contributed by atoms with Crippen LogP contribution in [0.25, 0.3) is 0 Å². The maximum Gasteiger partial charge on any atom is 0.0220 e. The maximum absolute atomic E-state index is 3.56. The molecule has 0 aliphatic carbocycles. The summed E-state index contributed by atoms with van der Waals surface area (Å²) in [6.45, 7) is 5.44. The number of unbranched alkanes of at least 4 members (excludes halogenated alkanes) is 1. The minimum Gasteiger partial charge on any atom is -0.310 e. The number of halogens is 1. The molecule has 0 amide bonds. The third-order valence-electron chi connectivity index (χ3n) is 2.59. The SMILES string of the molecule is CCCCC(C)NCc1ccccc1Br. The van der Waals surface area contributed by atoms with Crippen molar-refractivity contribution in [3.8, 4) is 0 Å². The van der Waals surface area contributed by atoms with Gasteiger partial charge in [0.25, 0.3) is 0 Å². The largest absolute Gasteiger partial charge is 0.310 e. The van der Waals surface area contributed by atoms with E-state index in [1.807, 2.05) is 6.07 Å². The van der Waals surface area contributed by atoms with Gasteiger partial charge >= 0.3 is 0 Å². The Morgan fingerprint density at radius 2 is 2.07 bits per heavy atom. The fourth-order valence-electron chi connectivity index (χ4n) is 1.54. The molecular weight excluding hydrogens is 250 g/mol. The molecule has 0 fully saturated rings. The van der Waals surface area contributed by atoms with Crippen LogP contribution in [0.4, 0.5) is 0 Å². The highest BCUT2D eigenvalue weighted by Crippen LogP contribution is 2.15. The third-order valence-corrected chi connectivity index (χ3v) is 3.36. The van der Waals surface area contributed by atoms with Crippen LogP contribution in [0.15, 0.2) is 28.7 Å². The van der Waals surface area contributed by atoms with Gasteiger partial charge in [0.05, 0.1) is 0 Å². The lowest BCUT2D eigenvalue weighted by Crippen LogP contribution is -2.25. The van der Waals surface area contributed by atoms with Crippen molar-refractivity contribution in [3.05, 3.63) is 34.3 Å². The average molecular weight is 270 g/mol. The fourth-order valence-corrected chi connectivity index (χ4v) is 1.96. The summed E-state index contributed by atoms with van der Waals surface area (Å²) in [7, 11) is 0. The zero-order valence-electron chi connectivity index (χ0n) is 9.59. The van der Waals surface area contributed by atoms with Gasteiger partial charge < -0.3 is 5.32 Å². The monoisotopic (exact) mass is 269 g/mol. The zero-order valence-corrected chi connectivity index (χ0v) is 11.2. The van der Waals surface area contributed by atoms with Crippen LogP contribution in [0.1, 0.15) is 38.7 Å². The number of nitrogens with one attached hydrogen (secondary N) is 1. The zero-order chi connectivity index (χ0) is 11.1. The Bertz CT molecular complexity index is 286. The lowest BCUT2D eigenvalue weighted by Gasteiger charge is -2.13. The van der Waals surface area contributed by atoms with Gasteiger partial charge in [-0.1, -0.05) is 53.9 Å². The van der Waals surface area contributed by atoms with Crippen molar-refractivity contribution in [3.63, 3.8) is 0 Å². The van der Waals surface area contributed by atoms with Crippen LogP contribution in [0.5, 0.6) is 0 Å². The smallest absolute Gasteiger partial charge is 0.0220 e. The molecule has 0 aromatic heterocycles. The van der Waals surface area contributed by atoms with Crippen molar-refractivity contribution in [2.45, 2.75) is 45.7 Å². The second-order valence-electron chi connectivity index (χ2n) is 4.02. The predicted molar refractivity (Wildman–Crippen MR) is 70.0 cm³/mol. The molecule has 0 saturated heterocycles. The number of hydrogen-bond donors (Lipinski definition) is 1. The molecule has 1 nitrogen and oxygen atoms in total. The molecule has 1 atom stereocenters. The minimum absolute atomic E-state index is 0.608. The fraction of sp³-hybridized carbons (Fsp3) is 0.538. The summed E-state index contributed by atoms with van der Waals surface area (Å²) in [5.41, 5.74) is 1.33. The van der Waals surface area contributed by atoms with E-state index in [0.29, 0.717) is 6.04 Å². The van der Waals surface area contributed by atoms with Crippen molar-refractivity contribution in [1.29, 1.82) is 0 Å². The molecule has 1 N–H and O–H groups in total. The molecule has 0 radical (unpaired) electrons. The van der Waals surface area contributed by atoms with E-state index in [-0.39, 0.29) is 0 Å². The van der Waals surface area contributed by atoms with Gasteiger partial charge in [0, 0.05) is 17.1 Å². The summed E-state index contributed by atoms with van der Waals surface area (Å²) in [6.07, 6.45) is 3.85. The second kappa shape index (κ2) is 7.02. The van der Waals surface area contributed by atoms with E-state index in [4.69, 9.17) is 0 Å². The van der Waals surface area contributed by atoms with Gasteiger partial charge in [-0.2, -0.15) is 0 Å². The molecule has 0 saturated carbocycles. The lowest BCUT2D eigenvalue weighted by molar-refractivity contribution is 0.494. The van der Waals surface area contributed by atoms with Crippen LogP contribution in [-0.4, -0.2) is 6.04 Å². The first-order chi connectivity index (χ1) is 7.24. The van der Waals surface area contributed by atoms with Crippen LogP contribution in [0.2, 0.25) is 0 Å². The molecule has 0 spiro atoms. The number of hydrogen-bond acceptors (Lipinski definition) is 1. The Hall–Kier alpha value is -0.340. The van der Waals surface area contributed by atoms with E-state index >= 15 is 0 Å². The van der Waals surface area contributed by atoms with Crippen LogP contribution < -0.4 is 5.32 Å². The highest BCUT2D eigenvalue weighted by Gasteiger charge is 2.02. The minimum atomic E-state index is 0.608. The van der Waals surface area contributed by atoms with Crippen LogP contribution in [-0.2, 0) is 6.54 Å². The molecule has 1 aromatic rings. The molecule has 84 valence electrons. The van der Waals surface area contributed by atoms with Gasteiger partial charge in [0.1, 0.15) is 0 Å². The lowest BCUT2D eigenvalue weighted by atomic mass is 10.1. The van der Waals surface area contributed by atoms with E-state index in [1.165, 1.54) is 29.3 Å². The van der Waals surface area contributed by atoms with Crippen LogP contribution in [0.3, 0.4) is 0 Å². The van der Waals surface area contributed by atoms with Crippen molar-refractivity contribution >= 4 is 15.9 Å². The first-order valence-electron chi connectivity index (χ1n) is 5.70. The van der Waals surface area contributed by atoms with Gasteiger partial charge in [-0.05, 0) is 25.0 Å². The summed E-state index contributed by atoms with van der Waals surface area (Å²) in [5.74, 6) is 0. The Morgan fingerprint density at radius 3 is 2.73 bits per heavy atom. The van der Waals surface area contributed by atoms with E-state index in [1.54, 1.807) is 0 Å². The Morgan fingerprint density at radius 1 is 1.33 bits per heavy atom. The molecule has 2 heteroatoms. The first kappa shape index (κ1) is 12.7. The topological polar surface area (TPSA) is 12.0 Å². The molecule has 0 heterocycles. The molecule has 1 rings (SSSR count). The quantitative estimate of drug-likeness (QED) is 0.820. The van der Waals surface area contributed by atoms with E-state index in [9.17, 15) is 0 Å². The Kier molecular flexibility index (Phi) is 5.96. The van der Waals surface area contributed by atoms with Crippen LogP contribution in [0, 0.1) is 0 Å². The molecule has 1 aromatic carbocycles. The van der Waals surface area contributed by atoms with Crippen molar-refractivity contribution in [2.75, 3.05) is 0 Å². The molecule has 1 unspecified atom stereocenters. The highest BCUT2D eigenvalue weighted by atomic mass is 79.9. The normalized spacial score (nSPS) is 12.7. The predicted octanol–water partition coefficient (Wildman–Crippen LogP) is 4.12. The highest BCUT2D eigenvalue weighted by molar-refractivity contribution is 9.10. The Labute approximate surface area is 101 Å². The summed E-state index contributed by atoms with van der Waals surface area (Å²) in [4.78, 5) is 0. The molecular formula is C13H20BrN. The van der Waals surface area contributed by atoms with E-state index < -0.39 is 0 Å². The van der Waals surface area contributed by atoms with Crippen LogP contribution >= 0.6 is 15.9 Å². The molecule has 0 bridgehead atoms. The van der Waals surface area contributed by atoms with Crippen molar-refractivity contribution in [2.24, 2.45) is 0 Å². The first-order valence-corrected chi connectivity index (χ1v) is 6.50. The third kappa shape index (κ3) is 4.80. The Balaban J connectivity index is 2.33. The number of rotatable bonds is 6. The van der Waals surface area contributed by atoms with E-state index in [2.05, 4.69) is 53.3 Å². The maximum atomic E-state index is 3.56. The van der Waals surface area contributed by atoms with Crippen molar-refractivity contribution < 1.29 is 0 Å². The summed E-state index contributed by atoms with van der Waals surface area (Å²) >= 11 is 3.56. The average Bonchev–Trinajstić information content (AvgIpc) is 2.25. The summed E-state index contributed by atoms with van der Waals surface area (Å²) < 4.78 is 1.19.